The second kappa shape index (κ2) is 7.06. The summed E-state index contributed by atoms with van der Waals surface area (Å²) in [4.78, 5) is 17.2. The molecule has 2 aliphatic rings. The van der Waals surface area contributed by atoms with Gasteiger partial charge in [-0.15, -0.1) is 0 Å². The van der Waals surface area contributed by atoms with Crippen LogP contribution in [0.25, 0.3) is 11.1 Å². The molecule has 1 amide bonds. The molecule has 0 bridgehead atoms. The van der Waals surface area contributed by atoms with Crippen LogP contribution >= 0.6 is 0 Å². The monoisotopic (exact) mass is 440 g/mol. The van der Waals surface area contributed by atoms with E-state index in [0.717, 1.165) is 35.2 Å². The summed E-state index contributed by atoms with van der Waals surface area (Å²) in [6.45, 7) is 0.143. The van der Waals surface area contributed by atoms with Crippen LogP contribution < -0.4 is 19.9 Å². The first kappa shape index (κ1) is 19.5. The van der Waals surface area contributed by atoms with Crippen molar-refractivity contribution < 1.29 is 18.5 Å². The molecule has 10 nitrogen and oxygen atoms in total. The van der Waals surface area contributed by atoms with Gasteiger partial charge in [0, 0.05) is 17.8 Å². The number of anilines is 1. The fourth-order valence-corrected chi connectivity index (χ4v) is 4.47. The van der Waals surface area contributed by atoms with E-state index < -0.39 is 16.0 Å². The summed E-state index contributed by atoms with van der Waals surface area (Å²) in [6, 6.07) is 7.72. The van der Waals surface area contributed by atoms with Crippen molar-refractivity contribution in [1.29, 1.82) is 4.78 Å². The van der Waals surface area contributed by atoms with Crippen LogP contribution in [0.5, 0.6) is 11.8 Å². The van der Waals surface area contributed by atoms with Crippen molar-refractivity contribution in [2.24, 2.45) is 5.14 Å². The molecule has 0 saturated carbocycles. The summed E-state index contributed by atoms with van der Waals surface area (Å²) < 4.78 is 31.8. The molecule has 5 rings (SSSR count). The van der Waals surface area contributed by atoms with Gasteiger partial charge in [0.15, 0.2) is 6.10 Å². The molecule has 1 aliphatic carbocycles. The number of pyridine rings is 1. The maximum Gasteiger partial charge on any atom is 0.267 e. The average Bonchev–Trinajstić information content (AvgIpc) is 3.29. The Labute approximate surface area is 178 Å². The van der Waals surface area contributed by atoms with Crippen LogP contribution in [0.15, 0.2) is 41.6 Å². The molecule has 3 heterocycles. The number of aryl methyl sites for hydroxylation is 1. The fourth-order valence-electron chi connectivity index (χ4n) is 3.85. The van der Waals surface area contributed by atoms with Gasteiger partial charge in [0.05, 0.1) is 25.5 Å². The molecular formula is C20H20N6O4S. The third-order valence-corrected chi connectivity index (χ3v) is 6.46. The number of carbonyl (C=O) groups is 1. The van der Waals surface area contributed by atoms with Gasteiger partial charge in [-0.3, -0.25) is 4.79 Å². The lowest BCUT2D eigenvalue weighted by molar-refractivity contribution is -0.122. The van der Waals surface area contributed by atoms with E-state index in [1.54, 1.807) is 13.3 Å². The van der Waals surface area contributed by atoms with E-state index in [4.69, 9.17) is 19.4 Å². The zero-order valence-corrected chi connectivity index (χ0v) is 17.4. The quantitative estimate of drug-likeness (QED) is 0.551. The molecule has 2 atom stereocenters. The standard InChI is InChI=1S/C20H20N6O4S/c1-29-17-8-12(6-7-23-17)14-5-3-11-2-4-13(11)18(14)25-19(27)15-10-26-20(30-15)16(9-24-26)31(21,22)28/h3,5-9,15H,2,4,10H2,1H3,(H,25,27)(H3,21,22,28). The van der Waals surface area contributed by atoms with E-state index in [2.05, 4.69) is 21.5 Å². The van der Waals surface area contributed by atoms with E-state index in [1.165, 1.54) is 16.4 Å². The Kier molecular flexibility index (Phi) is 4.45. The van der Waals surface area contributed by atoms with Gasteiger partial charge in [-0.05, 0) is 35.6 Å². The molecule has 11 heteroatoms. The van der Waals surface area contributed by atoms with Gasteiger partial charge in [-0.2, -0.15) is 5.10 Å². The van der Waals surface area contributed by atoms with Crippen molar-refractivity contribution in [1.82, 2.24) is 14.8 Å². The Balaban J connectivity index is 1.45. The second-order valence-electron chi connectivity index (χ2n) is 7.41. The molecule has 0 spiro atoms. The van der Waals surface area contributed by atoms with Gasteiger partial charge in [0.1, 0.15) is 14.8 Å². The number of aromatic nitrogens is 3. The number of amides is 1. The second-order valence-corrected chi connectivity index (χ2v) is 9.05. The molecule has 31 heavy (non-hydrogen) atoms. The smallest absolute Gasteiger partial charge is 0.267 e. The topological polar surface area (TPSA) is 145 Å². The first-order chi connectivity index (χ1) is 14.8. The number of fused-ring (bicyclic) bond motifs is 2. The van der Waals surface area contributed by atoms with Crippen molar-refractivity contribution in [3.8, 4) is 22.9 Å². The van der Waals surface area contributed by atoms with Gasteiger partial charge >= 0.3 is 0 Å². The van der Waals surface area contributed by atoms with Gasteiger partial charge in [0.2, 0.25) is 11.8 Å². The number of hydrogen-bond donors (Lipinski definition) is 3. The number of hydrogen-bond acceptors (Lipinski definition) is 7. The van der Waals surface area contributed by atoms with Crippen molar-refractivity contribution in [3.05, 3.63) is 47.8 Å². The lowest BCUT2D eigenvalue weighted by atomic mass is 9.84. The van der Waals surface area contributed by atoms with Gasteiger partial charge in [-0.25, -0.2) is 23.8 Å². The Bertz CT molecular complexity index is 1320. The lowest BCUT2D eigenvalue weighted by Gasteiger charge is -2.26. The Morgan fingerprint density at radius 3 is 2.94 bits per heavy atom. The van der Waals surface area contributed by atoms with Crippen LogP contribution in [-0.4, -0.2) is 38.1 Å². The normalized spacial score (nSPS) is 18.2. The fraction of sp³-hybridized carbons (Fsp3) is 0.250. The minimum absolute atomic E-state index is 0.0174. The third kappa shape index (κ3) is 3.31. The van der Waals surface area contributed by atoms with Crippen LogP contribution in [0.4, 0.5) is 5.69 Å². The van der Waals surface area contributed by atoms with Crippen molar-refractivity contribution in [3.63, 3.8) is 0 Å². The largest absolute Gasteiger partial charge is 0.481 e. The molecule has 3 aromatic rings. The maximum atomic E-state index is 13.1. The van der Waals surface area contributed by atoms with Crippen molar-refractivity contribution >= 4 is 21.5 Å². The van der Waals surface area contributed by atoms with Gasteiger partial charge in [-0.1, -0.05) is 12.1 Å². The number of nitrogens with zero attached hydrogens (tertiary/aromatic N) is 3. The summed E-state index contributed by atoms with van der Waals surface area (Å²) in [5.41, 5.74) is 4.75. The van der Waals surface area contributed by atoms with Crippen molar-refractivity contribution in [2.45, 2.75) is 30.4 Å². The first-order valence-corrected chi connectivity index (χ1v) is 11.2. The zero-order valence-electron chi connectivity index (χ0n) is 16.6. The SMILES string of the molecule is COc1cc(-c2ccc3c(c2NC(=O)C2Cn4ncc(S(=N)(N)=O)c4O2)CC3)ccn1. The highest BCUT2D eigenvalue weighted by atomic mass is 32.2. The summed E-state index contributed by atoms with van der Waals surface area (Å²) in [7, 11) is -1.95. The summed E-state index contributed by atoms with van der Waals surface area (Å²) in [5, 5.41) is 12.5. The highest BCUT2D eigenvalue weighted by Gasteiger charge is 2.35. The molecular weight excluding hydrogens is 420 g/mol. The highest BCUT2D eigenvalue weighted by Crippen LogP contribution is 2.39. The van der Waals surface area contributed by atoms with Gasteiger partial charge < -0.3 is 14.8 Å². The van der Waals surface area contributed by atoms with Crippen LogP contribution in [-0.2, 0) is 34.1 Å². The van der Waals surface area contributed by atoms with Crippen LogP contribution in [0.1, 0.15) is 11.1 Å². The summed E-state index contributed by atoms with van der Waals surface area (Å²) in [5.74, 6) is 0.227. The molecule has 0 saturated heterocycles. The number of ether oxygens (including phenoxy) is 2. The number of methoxy groups -OCH3 is 1. The van der Waals surface area contributed by atoms with E-state index >= 15 is 0 Å². The average molecular weight is 440 g/mol. The minimum Gasteiger partial charge on any atom is -0.481 e. The number of nitrogens with two attached hydrogens (primary N) is 1. The Morgan fingerprint density at radius 1 is 1.39 bits per heavy atom. The lowest BCUT2D eigenvalue weighted by Crippen LogP contribution is -2.33. The maximum absolute atomic E-state index is 13.1. The predicted molar refractivity (Wildman–Crippen MR) is 112 cm³/mol. The first-order valence-electron chi connectivity index (χ1n) is 9.60. The minimum atomic E-state index is -3.50. The van der Waals surface area contributed by atoms with Crippen LogP contribution in [0, 0.1) is 4.78 Å². The van der Waals surface area contributed by atoms with Crippen molar-refractivity contribution in [2.75, 3.05) is 12.4 Å². The molecule has 1 aromatic carbocycles. The summed E-state index contributed by atoms with van der Waals surface area (Å²) >= 11 is 0. The highest BCUT2D eigenvalue weighted by molar-refractivity contribution is 7.90. The molecule has 0 fully saturated rings. The van der Waals surface area contributed by atoms with Crippen LogP contribution in [0.2, 0.25) is 0 Å². The predicted octanol–water partition coefficient (Wildman–Crippen LogP) is 1.73. The Hall–Kier alpha value is -3.44. The molecule has 0 radical (unpaired) electrons. The molecule has 1 aliphatic heterocycles. The zero-order chi connectivity index (χ0) is 21.8. The number of benzene rings is 1. The third-order valence-electron chi connectivity index (χ3n) is 5.53. The van der Waals surface area contributed by atoms with E-state index in [1.807, 2.05) is 18.2 Å². The number of nitrogens with one attached hydrogen (secondary N) is 2. The Morgan fingerprint density at radius 2 is 2.23 bits per heavy atom. The molecule has 2 aromatic heterocycles. The van der Waals surface area contributed by atoms with E-state index in [-0.39, 0.29) is 23.2 Å². The summed E-state index contributed by atoms with van der Waals surface area (Å²) in [6.07, 6.45) is 3.86. The van der Waals surface area contributed by atoms with E-state index in [9.17, 15) is 9.00 Å². The number of rotatable bonds is 5. The van der Waals surface area contributed by atoms with Crippen LogP contribution in [0.3, 0.4) is 0 Å². The number of carbonyl (C=O) groups excluding carboxylic acids is 1. The molecule has 160 valence electrons. The molecule has 2 unspecified atom stereocenters. The molecule has 4 N–H and O–H groups in total. The van der Waals surface area contributed by atoms with Gasteiger partial charge in [0.25, 0.3) is 5.91 Å². The van der Waals surface area contributed by atoms with E-state index in [0.29, 0.717) is 5.88 Å².